The fraction of sp³-hybridized carbons (Fsp3) is 0. The van der Waals surface area contributed by atoms with Crippen LogP contribution in [0.4, 0.5) is 22.0 Å². The minimum absolute atomic E-state index is 0.221. The van der Waals surface area contributed by atoms with Crippen LogP contribution < -0.4 is 0 Å². The molecule has 0 saturated heterocycles. The second-order valence-corrected chi connectivity index (χ2v) is 5.24. The van der Waals surface area contributed by atoms with Gasteiger partial charge in [0.25, 0.3) is 0 Å². The lowest BCUT2D eigenvalue weighted by Crippen LogP contribution is -2.04. The van der Waals surface area contributed by atoms with Crippen LogP contribution >= 0.6 is 0 Å². The second-order valence-electron chi connectivity index (χ2n) is 5.24. The van der Waals surface area contributed by atoms with Crippen molar-refractivity contribution in [2.24, 2.45) is 0 Å². The van der Waals surface area contributed by atoms with Gasteiger partial charge in [0.1, 0.15) is 0 Å². The Bertz CT molecular complexity index is 995. The van der Waals surface area contributed by atoms with Crippen LogP contribution in [0.3, 0.4) is 0 Å². The predicted molar refractivity (Wildman–Crippen MR) is 83.5 cm³/mol. The quantitative estimate of drug-likeness (QED) is 0.203. The van der Waals surface area contributed by atoms with Crippen molar-refractivity contribution in [2.75, 3.05) is 0 Å². The third-order valence-electron chi connectivity index (χ3n) is 3.68. The van der Waals surface area contributed by atoms with Crippen molar-refractivity contribution in [3.63, 3.8) is 0 Å². The van der Waals surface area contributed by atoms with Crippen LogP contribution in [0, 0.1) is 29.1 Å². The normalized spacial score (nSPS) is 11.4. The van der Waals surface area contributed by atoms with E-state index in [0.29, 0.717) is 6.08 Å². The van der Waals surface area contributed by atoms with E-state index in [2.05, 4.69) is 0 Å². The van der Waals surface area contributed by atoms with Gasteiger partial charge in [-0.05, 0) is 29.0 Å². The lowest BCUT2D eigenvalue weighted by Gasteiger charge is -2.04. The van der Waals surface area contributed by atoms with Gasteiger partial charge in [-0.25, -0.2) is 22.0 Å². The van der Waals surface area contributed by atoms with Crippen molar-refractivity contribution in [3.8, 4) is 0 Å². The van der Waals surface area contributed by atoms with Crippen LogP contribution in [0.5, 0.6) is 0 Å². The van der Waals surface area contributed by atoms with Gasteiger partial charge in [0.15, 0.2) is 29.1 Å². The minimum atomic E-state index is -2.24. The van der Waals surface area contributed by atoms with Crippen LogP contribution in [0.15, 0.2) is 48.5 Å². The van der Waals surface area contributed by atoms with Crippen molar-refractivity contribution >= 4 is 22.6 Å². The summed E-state index contributed by atoms with van der Waals surface area (Å²) >= 11 is 0. The molecule has 0 spiro atoms. The molecular weight excluding hydrogens is 339 g/mol. The fourth-order valence-electron chi connectivity index (χ4n) is 2.37. The van der Waals surface area contributed by atoms with Crippen molar-refractivity contribution in [1.29, 1.82) is 0 Å². The second kappa shape index (κ2) is 6.47. The Labute approximate surface area is 139 Å². The highest BCUT2D eigenvalue weighted by atomic mass is 19.2. The SMILES string of the molecule is O=C(C=Cc1c(F)c(F)c(F)c(F)c1F)c1ccc2ccccc2c1. The molecule has 25 heavy (non-hydrogen) atoms. The molecule has 0 bridgehead atoms. The Kier molecular flexibility index (Phi) is 4.35. The van der Waals surface area contributed by atoms with Crippen LogP contribution in [-0.4, -0.2) is 5.78 Å². The molecule has 0 heterocycles. The molecule has 0 N–H and O–H groups in total. The molecule has 0 aliphatic rings. The lowest BCUT2D eigenvalue weighted by molar-refractivity contribution is 0.104. The third kappa shape index (κ3) is 3.03. The molecule has 0 aliphatic heterocycles. The summed E-state index contributed by atoms with van der Waals surface area (Å²) < 4.78 is 66.4. The average Bonchev–Trinajstić information content (AvgIpc) is 2.64. The van der Waals surface area contributed by atoms with Gasteiger partial charge in [-0.15, -0.1) is 0 Å². The predicted octanol–water partition coefficient (Wildman–Crippen LogP) is 5.43. The van der Waals surface area contributed by atoms with Gasteiger partial charge in [0, 0.05) is 5.56 Å². The van der Waals surface area contributed by atoms with Gasteiger partial charge >= 0.3 is 0 Å². The zero-order valence-corrected chi connectivity index (χ0v) is 12.5. The highest BCUT2D eigenvalue weighted by molar-refractivity contribution is 6.08. The number of ketones is 1. The standard InChI is InChI=1S/C19H9F5O/c20-15-13(16(21)18(23)19(24)17(15)22)7-8-14(25)12-6-5-10-3-1-2-4-11(10)9-12/h1-9H. The molecule has 0 fully saturated rings. The summed E-state index contributed by atoms with van der Waals surface area (Å²) in [4.78, 5) is 12.1. The van der Waals surface area contributed by atoms with Crippen molar-refractivity contribution in [3.05, 3.63) is 88.8 Å². The summed E-state index contributed by atoms with van der Waals surface area (Å²) in [7, 11) is 0. The molecule has 6 heteroatoms. The Morgan fingerprint density at radius 3 is 1.92 bits per heavy atom. The van der Waals surface area contributed by atoms with Crippen molar-refractivity contribution < 1.29 is 26.7 Å². The van der Waals surface area contributed by atoms with Crippen LogP contribution in [0.25, 0.3) is 16.8 Å². The van der Waals surface area contributed by atoms with E-state index in [1.165, 1.54) is 6.07 Å². The number of hydrogen-bond donors (Lipinski definition) is 0. The van der Waals surface area contributed by atoms with Gasteiger partial charge in [-0.3, -0.25) is 4.79 Å². The summed E-state index contributed by atoms with van der Waals surface area (Å²) in [6.45, 7) is 0. The lowest BCUT2D eigenvalue weighted by atomic mass is 10.0. The topological polar surface area (TPSA) is 17.1 Å². The molecular formula is C19H9F5O. The number of fused-ring (bicyclic) bond motifs is 1. The minimum Gasteiger partial charge on any atom is -0.289 e. The Balaban J connectivity index is 1.97. The maximum Gasteiger partial charge on any atom is 0.200 e. The van der Waals surface area contributed by atoms with E-state index in [4.69, 9.17) is 0 Å². The highest BCUT2D eigenvalue weighted by Crippen LogP contribution is 2.24. The average molecular weight is 348 g/mol. The summed E-state index contributed by atoms with van der Waals surface area (Å²) in [5.41, 5.74) is -0.940. The van der Waals surface area contributed by atoms with Gasteiger partial charge in [-0.2, -0.15) is 0 Å². The molecule has 3 aromatic rings. The number of halogens is 5. The number of benzene rings is 3. The van der Waals surface area contributed by atoms with E-state index in [1.54, 1.807) is 24.3 Å². The van der Waals surface area contributed by atoms with Gasteiger partial charge in [0.05, 0.1) is 5.56 Å². The van der Waals surface area contributed by atoms with E-state index < -0.39 is 40.4 Å². The van der Waals surface area contributed by atoms with Crippen LogP contribution in [-0.2, 0) is 0 Å². The summed E-state index contributed by atoms with van der Waals surface area (Å²) in [5, 5.41) is 1.67. The van der Waals surface area contributed by atoms with E-state index in [1.807, 2.05) is 12.1 Å². The number of allylic oxidation sites excluding steroid dienone is 1. The number of carbonyl (C=O) groups excluding carboxylic acids is 1. The fourth-order valence-corrected chi connectivity index (χ4v) is 2.37. The first kappa shape index (κ1) is 16.8. The Hall–Kier alpha value is -3.02. The molecule has 0 saturated carbocycles. The smallest absolute Gasteiger partial charge is 0.200 e. The number of carbonyl (C=O) groups is 1. The first-order valence-corrected chi connectivity index (χ1v) is 7.13. The molecule has 126 valence electrons. The molecule has 1 nitrogen and oxygen atoms in total. The number of hydrogen-bond acceptors (Lipinski definition) is 1. The van der Waals surface area contributed by atoms with Gasteiger partial charge in [-0.1, -0.05) is 36.4 Å². The van der Waals surface area contributed by atoms with Gasteiger partial charge in [0.2, 0.25) is 5.82 Å². The van der Waals surface area contributed by atoms with Crippen molar-refractivity contribution in [1.82, 2.24) is 0 Å². The van der Waals surface area contributed by atoms with Crippen LogP contribution in [0.1, 0.15) is 15.9 Å². The van der Waals surface area contributed by atoms with Crippen molar-refractivity contribution in [2.45, 2.75) is 0 Å². The first-order valence-electron chi connectivity index (χ1n) is 7.13. The van der Waals surface area contributed by atoms with E-state index in [0.717, 1.165) is 16.8 Å². The molecule has 0 radical (unpaired) electrons. The summed E-state index contributed by atoms with van der Waals surface area (Å²) in [6.07, 6.45) is 1.34. The largest absolute Gasteiger partial charge is 0.289 e. The van der Waals surface area contributed by atoms with Gasteiger partial charge < -0.3 is 0 Å². The molecule has 3 rings (SSSR count). The molecule has 3 aromatic carbocycles. The highest BCUT2D eigenvalue weighted by Gasteiger charge is 2.24. The third-order valence-corrected chi connectivity index (χ3v) is 3.68. The maximum atomic E-state index is 13.6. The Morgan fingerprint density at radius 2 is 1.28 bits per heavy atom. The van der Waals surface area contributed by atoms with Crippen LogP contribution in [0.2, 0.25) is 0 Å². The maximum absolute atomic E-state index is 13.6. The molecule has 0 aliphatic carbocycles. The summed E-state index contributed by atoms with van der Waals surface area (Å²) in [6, 6.07) is 12.0. The zero-order chi connectivity index (χ0) is 18.1. The summed E-state index contributed by atoms with van der Waals surface area (Å²) in [5.74, 6) is -11.0. The molecule has 0 aromatic heterocycles. The van der Waals surface area contributed by atoms with E-state index >= 15 is 0 Å². The molecule has 0 unspecified atom stereocenters. The van der Waals surface area contributed by atoms with E-state index in [-0.39, 0.29) is 5.56 Å². The van der Waals surface area contributed by atoms with E-state index in [9.17, 15) is 26.7 Å². The first-order chi connectivity index (χ1) is 11.9. The Morgan fingerprint density at radius 1 is 0.720 bits per heavy atom. The zero-order valence-electron chi connectivity index (χ0n) is 12.5. The molecule has 0 amide bonds. The number of rotatable bonds is 3. The molecule has 0 atom stereocenters. The monoisotopic (exact) mass is 348 g/mol.